The third-order valence-corrected chi connectivity index (χ3v) is 4.13. The van der Waals surface area contributed by atoms with Crippen LogP contribution >= 0.6 is 11.6 Å². The van der Waals surface area contributed by atoms with Crippen LogP contribution in [0.1, 0.15) is 5.56 Å². The number of carbonyl (C=O) groups excluding carboxylic acids is 1. The summed E-state index contributed by atoms with van der Waals surface area (Å²) in [6.45, 7) is 0.363. The van der Waals surface area contributed by atoms with Gasteiger partial charge in [0.25, 0.3) is 5.91 Å². The first-order chi connectivity index (χ1) is 12.0. The van der Waals surface area contributed by atoms with Gasteiger partial charge >= 0.3 is 0 Å². The minimum atomic E-state index is -0.520. The molecule has 0 bridgehead atoms. The van der Waals surface area contributed by atoms with Crippen molar-refractivity contribution in [2.75, 3.05) is 27.2 Å². The standard InChI is InChI=1S/C19H22ClFN2O2/c1-23(2)15(10-14-6-4-3-5-7-14)12-22-19(24)13-25-16-8-9-18(21)17(20)11-16/h3-9,11,15H,10,12-13H2,1-2H3,(H,22,24). The van der Waals surface area contributed by atoms with E-state index in [0.29, 0.717) is 12.3 Å². The number of carbonyl (C=O) groups is 1. The maximum absolute atomic E-state index is 13.1. The molecule has 0 aliphatic heterocycles. The highest BCUT2D eigenvalue weighted by Crippen LogP contribution is 2.20. The summed E-state index contributed by atoms with van der Waals surface area (Å²) in [5, 5.41) is 2.83. The molecule has 1 atom stereocenters. The summed E-state index contributed by atoms with van der Waals surface area (Å²) < 4.78 is 18.4. The molecule has 0 saturated carbocycles. The van der Waals surface area contributed by atoms with Gasteiger partial charge in [0.1, 0.15) is 11.6 Å². The highest BCUT2D eigenvalue weighted by molar-refractivity contribution is 6.30. The minimum Gasteiger partial charge on any atom is -0.484 e. The first kappa shape index (κ1) is 19.2. The van der Waals surface area contributed by atoms with Crippen molar-refractivity contribution in [1.82, 2.24) is 10.2 Å². The zero-order valence-electron chi connectivity index (χ0n) is 14.3. The quantitative estimate of drug-likeness (QED) is 0.782. The first-order valence-electron chi connectivity index (χ1n) is 8.00. The zero-order chi connectivity index (χ0) is 18.2. The van der Waals surface area contributed by atoms with E-state index in [2.05, 4.69) is 22.3 Å². The fourth-order valence-electron chi connectivity index (χ4n) is 2.32. The van der Waals surface area contributed by atoms with Gasteiger partial charge in [-0.2, -0.15) is 0 Å². The number of hydrogen-bond acceptors (Lipinski definition) is 3. The summed E-state index contributed by atoms with van der Waals surface area (Å²) in [4.78, 5) is 14.1. The van der Waals surface area contributed by atoms with E-state index in [1.165, 1.54) is 23.8 Å². The van der Waals surface area contributed by atoms with Gasteiger partial charge in [-0.1, -0.05) is 41.9 Å². The molecule has 0 fully saturated rings. The van der Waals surface area contributed by atoms with Gasteiger partial charge in [-0.05, 0) is 38.2 Å². The largest absolute Gasteiger partial charge is 0.484 e. The van der Waals surface area contributed by atoms with Gasteiger partial charge in [0.15, 0.2) is 6.61 Å². The number of hydrogen-bond donors (Lipinski definition) is 1. The lowest BCUT2D eigenvalue weighted by Crippen LogP contribution is -2.42. The monoisotopic (exact) mass is 364 g/mol. The van der Waals surface area contributed by atoms with E-state index in [-0.39, 0.29) is 23.6 Å². The van der Waals surface area contributed by atoms with E-state index in [4.69, 9.17) is 16.3 Å². The Balaban J connectivity index is 1.81. The van der Waals surface area contributed by atoms with E-state index in [9.17, 15) is 9.18 Å². The van der Waals surface area contributed by atoms with Gasteiger partial charge in [-0.15, -0.1) is 0 Å². The summed E-state index contributed by atoms with van der Waals surface area (Å²) in [6.07, 6.45) is 0.836. The van der Waals surface area contributed by atoms with Crippen molar-refractivity contribution in [3.63, 3.8) is 0 Å². The van der Waals surface area contributed by atoms with Crippen molar-refractivity contribution in [3.05, 3.63) is 64.9 Å². The van der Waals surface area contributed by atoms with Crippen LogP contribution in [0.25, 0.3) is 0 Å². The number of halogens is 2. The molecule has 1 unspecified atom stereocenters. The summed E-state index contributed by atoms with van der Waals surface area (Å²) >= 11 is 5.68. The number of ether oxygens (including phenoxy) is 1. The molecule has 2 aromatic rings. The molecular weight excluding hydrogens is 343 g/mol. The Labute approximate surface area is 152 Å². The van der Waals surface area contributed by atoms with Crippen molar-refractivity contribution >= 4 is 17.5 Å². The molecule has 0 heterocycles. The molecule has 0 spiro atoms. The van der Waals surface area contributed by atoms with E-state index in [1.807, 2.05) is 32.3 Å². The number of rotatable bonds is 8. The summed E-state index contributed by atoms with van der Waals surface area (Å²) in [7, 11) is 3.97. The highest BCUT2D eigenvalue weighted by atomic mass is 35.5. The average molecular weight is 365 g/mol. The molecule has 1 N–H and O–H groups in total. The maximum Gasteiger partial charge on any atom is 0.257 e. The third-order valence-electron chi connectivity index (χ3n) is 3.84. The van der Waals surface area contributed by atoms with Crippen LogP contribution in [0.5, 0.6) is 5.75 Å². The normalized spacial score (nSPS) is 12.0. The molecule has 0 aromatic heterocycles. The van der Waals surface area contributed by atoms with Gasteiger partial charge in [0.05, 0.1) is 5.02 Å². The predicted octanol–water partition coefficient (Wildman–Crippen LogP) is 3.15. The Morgan fingerprint density at radius 3 is 2.60 bits per heavy atom. The number of nitrogens with one attached hydrogen (secondary N) is 1. The fraction of sp³-hybridized carbons (Fsp3) is 0.316. The van der Waals surface area contributed by atoms with Gasteiger partial charge in [-0.3, -0.25) is 4.79 Å². The first-order valence-corrected chi connectivity index (χ1v) is 8.38. The van der Waals surface area contributed by atoms with E-state index >= 15 is 0 Å². The predicted molar refractivity (Wildman–Crippen MR) is 97.5 cm³/mol. The molecule has 4 nitrogen and oxygen atoms in total. The third kappa shape index (κ3) is 6.36. The van der Waals surface area contributed by atoms with E-state index < -0.39 is 5.82 Å². The topological polar surface area (TPSA) is 41.6 Å². The Kier molecular flexibility index (Phi) is 7.22. The van der Waals surface area contributed by atoms with Crippen LogP contribution in [-0.4, -0.2) is 44.1 Å². The summed E-state index contributed by atoms with van der Waals surface area (Å²) in [6, 6.07) is 14.3. The molecule has 0 aliphatic rings. The van der Waals surface area contributed by atoms with Crippen LogP contribution in [0.2, 0.25) is 5.02 Å². The second kappa shape index (κ2) is 9.39. The molecule has 0 saturated heterocycles. The van der Waals surface area contributed by atoms with Crippen LogP contribution in [0.15, 0.2) is 48.5 Å². The van der Waals surface area contributed by atoms with Crippen molar-refractivity contribution < 1.29 is 13.9 Å². The molecule has 1 amide bonds. The van der Waals surface area contributed by atoms with Crippen LogP contribution in [0, 0.1) is 5.82 Å². The van der Waals surface area contributed by atoms with E-state index in [0.717, 1.165) is 6.42 Å². The minimum absolute atomic E-state index is 0.0339. The van der Waals surface area contributed by atoms with E-state index in [1.54, 1.807) is 0 Å². The molecule has 0 radical (unpaired) electrons. The summed E-state index contributed by atoms with van der Waals surface area (Å²) in [5.74, 6) is -0.399. The van der Waals surface area contributed by atoms with Crippen molar-refractivity contribution in [2.45, 2.75) is 12.5 Å². The second-order valence-corrected chi connectivity index (χ2v) is 6.38. The smallest absolute Gasteiger partial charge is 0.257 e. The number of nitrogens with zero attached hydrogens (tertiary/aromatic N) is 1. The maximum atomic E-state index is 13.1. The number of amides is 1. The van der Waals surface area contributed by atoms with Crippen molar-refractivity contribution in [2.24, 2.45) is 0 Å². The fourth-order valence-corrected chi connectivity index (χ4v) is 2.49. The SMILES string of the molecule is CN(C)C(CNC(=O)COc1ccc(F)c(Cl)c1)Cc1ccccc1. The number of likely N-dealkylation sites (N-methyl/N-ethyl adjacent to an activating group) is 1. The van der Waals surface area contributed by atoms with Gasteiger partial charge in [0, 0.05) is 18.7 Å². The molecule has 25 heavy (non-hydrogen) atoms. The lowest BCUT2D eigenvalue weighted by molar-refractivity contribution is -0.123. The summed E-state index contributed by atoms with van der Waals surface area (Å²) in [5.41, 5.74) is 1.22. The molecular formula is C19H22ClFN2O2. The molecule has 0 aliphatic carbocycles. The van der Waals surface area contributed by atoms with Crippen LogP contribution < -0.4 is 10.1 Å². The Morgan fingerprint density at radius 2 is 1.96 bits per heavy atom. The Hall–Kier alpha value is -2.11. The zero-order valence-corrected chi connectivity index (χ0v) is 15.1. The molecule has 2 rings (SSSR count). The van der Waals surface area contributed by atoms with Crippen LogP contribution in [0.4, 0.5) is 4.39 Å². The second-order valence-electron chi connectivity index (χ2n) is 5.98. The molecule has 2 aromatic carbocycles. The Bertz CT molecular complexity index is 695. The lowest BCUT2D eigenvalue weighted by Gasteiger charge is -2.24. The van der Waals surface area contributed by atoms with Gasteiger partial charge in [-0.25, -0.2) is 4.39 Å². The highest BCUT2D eigenvalue weighted by Gasteiger charge is 2.14. The van der Waals surface area contributed by atoms with Gasteiger partial charge in [0.2, 0.25) is 0 Å². The van der Waals surface area contributed by atoms with Crippen molar-refractivity contribution in [3.8, 4) is 5.75 Å². The van der Waals surface area contributed by atoms with Gasteiger partial charge < -0.3 is 15.0 Å². The van der Waals surface area contributed by atoms with Crippen molar-refractivity contribution in [1.29, 1.82) is 0 Å². The lowest BCUT2D eigenvalue weighted by atomic mass is 10.1. The Morgan fingerprint density at radius 1 is 1.24 bits per heavy atom. The van der Waals surface area contributed by atoms with Crippen LogP contribution in [0.3, 0.4) is 0 Å². The molecule has 6 heteroatoms. The number of benzene rings is 2. The van der Waals surface area contributed by atoms with Crippen LogP contribution in [-0.2, 0) is 11.2 Å². The average Bonchev–Trinajstić information content (AvgIpc) is 2.60. The molecule has 134 valence electrons.